The molecule has 2 aromatic rings. The van der Waals surface area contributed by atoms with E-state index in [4.69, 9.17) is 4.74 Å². The summed E-state index contributed by atoms with van der Waals surface area (Å²) < 4.78 is 5.31. The van der Waals surface area contributed by atoms with Crippen LogP contribution in [0.15, 0.2) is 30.5 Å². The van der Waals surface area contributed by atoms with E-state index in [9.17, 15) is 4.79 Å². The molecule has 0 N–H and O–H groups in total. The molecule has 0 aliphatic carbocycles. The molecule has 6 nitrogen and oxygen atoms in total. The molecule has 0 spiro atoms. The standard InChI is InChI=1S/C18H22N4O2/c1-13-4-6-14(7-5-13)16-19-12-15(17(20-16)21(2)3)18(23)22-8-10-24-11-9-22/h4-7,12H,8-11H2,1-3H3. The molecule has 0 saturated carbocycles. The number of anilines is 1. The van der Waals surface area contributed by atoms with Crippen LogP contribution >= 0.6 is 0 Å². The largest absolute Gasteiger partial charge is 0.378 e. The van der Waals surface area contributed by atoms with Crippen LogP contribution in [0.3, 0.4) is 0 Å². The van der Waals surface area contributed by atoms with Crippen LogP contribution in [0.5, 0.6) is 0 Å². The quantitative estimate of drug-likeness (QED) is 0.863. The van der Waals surface area contributed by atoms with Crippen LogP contribution in [-0.4, -0.2) is 61.2 Å². The highest BCUT2D eigenvalue weighted by molar-refractivity contribution is 5.99. The van der Waals surface area contributed by atoms with E-state index in [1.807, 2.05) is 50.2 Å². The zero-order valence-electron chi connectivity index (χ0n) is 14.3. The summed E-state index contributed by atoms with van der Waals surface area (Å²) in [6, 6.07) is 8.04. The Morgan fingerprint density at radius 2 is 1.83 bits per heavy atom. The number of hydrogen-bond acceptors (Lipinski definition) is 5. The Balaban J connectivity index is 1.95. The zero-order chi connectivity index (χ0) is 17.1. The molecule has 3 rings (SSSR count). The third-order valence-corrected chi connectivity index (χ3v) is 4.03. The zero-order valence-corrected chi connectivity index (χ0v) is 14.3. The SMILES string of the molecule is Cc1ccc(-c2ncc(C(=O)N3CCOCC3)c(N(C)C)n2)cc1. The number of morpholine rings is 1. The molecule has 1 fully saturated rings. The smallest absolute Gasteiger partial charge is 0.259 e. The minimum atomic E-state index is -0.0440. The topological polar surface area (TPSA) is 58.6 Å². The fraction of sp³-hybridized carbons (Fsp3) is 0.389. The minimum absolute atomic E-state index is 0.0440. The lowest BCUT2D eigenvalue weighted by Crippen LogP contribution is -2.41. The van der Waals surface area contributed by atoms with Crippen molar-refractivity contribution < 1.29 is 9.53 Å². The van der Waals surface area contributed by atoms with Gasteiger partial charge in [0.25, 0.3) is 5.91 Å². The van der Waals surface area contributed by atoms with Gasteiger partial charge in [-0.3, -0.25) is 4.79 Å². The first-order chi connectivity index (χ1) is 11.6. The first kappa shape index (κ1) is 16.4. The lowest BCUT2D eigenvalue weighted by Gasteiger charge is -2.28. The van der Waals surface area contributed by atoms with Gasteiger partial charge < -0.3 is 14.5 Å². The minimum Gasteiger partial charge on any atom is -0.378 e. The molecule has 0 radical (unpaired) electrons. The Morgan fingerprint density at radius 1 is 1.17 bits per heavy atom. The van der Waals surface area contributed by atoms with Crippen molar-refractivity contribution >= 4 is 11.7 Å². The molecule has 1 aromatic heterocycles. The predicted molar refractivity (Wildman–Crippen MR) is 93.3 cm³/mol. The normalized spacial score (nSPS) is 14.5. The fourth-order valence-electron chi connectivity index (χ4n) is 2.64. The maximum Gasteiger partial charge on any atom is 0.259 e. The third-order valence-electron chi connectivity index (χ3n) is 4.03. The Bertz CT molecular complexity index is 722. The predicted octanol–water partition coefficient (Wildman–Crippen LogP) is 1.99. The lowest BCUT2D eigenvalue weighted by atomic mass is 10.1. The van der Waals surface area contributed by atoms with E-state index < -0.39 is 0 Å². The van der Waals surface area contributed by atoms with Crippen LogP contribution in [0.25, 0.3) is 11.4 Å². The summed E-state index contributed by atoms with van der Waals surface area (Å²) in [5.74, 6) is 1.21. The number of nitrogens with zero attached hydrogens (tertiary/aromatic N) is 4. The lowest BCUT2D eigenvalue weighted by molar-refractivity contribution is 0.0303. The second-order valence-electron chi connectivity index (χ2n) is 6.10. The molecule has 2 heterocycles. The van der Waals surface area contributed by atoms with E-state index in [2.05, 4.69) is 9.97 Å². The molecule has 6 heteroatoms. The van der Waals surface area contributed by atoms with Crippen LogP contribution < -0.4 is 4.90 Å². The summed E-state index contributed by atoms with van der Waals surface area (Å²) in [7, 11) is 3.77. The Morgan fingerprint density at radius 3 is 2.46 bits per heavy atom. The maximum absolute atomic E-state index is 12.8. The number of aromatic nitrogens is 2. The Labute approximate surface area is 142 Å². The molecule has 1 aliphatic rings. The number of rotatable bonds is 3. The molecule has 0 bridgehead atoms. The molecule has 0 atom stereocenters. The van der Waals surface area contributed by atoms with Crippen molar-refractivity contribution in [2.75, 3.05) is 45.3 Å². The average molecular weight is 326 g/mol. The van der Waals surface area contributed by atoms with Gasteiger partial charge in [0.15, 0.2) is 5.82 Å². The highest BCUT2D eigenvalue weighted by atomic mass is 16.5. The first-order valence-corrected chi connectivity index (χ1v) is 8.04. The van der Waals surface area contributed by atoms with Gasteiger partial charge in [0.1, 0.15) is 11.4 Å². The van der Waals surface area contributed by atoms with Crippen molar-refractivity contribution in [3.63, 3.8) is 0 Å². The van der Waals surface area contributed by atoms with Gasteiger partial charge in [-0.15, -0.1) is 0 Å². The molecular formula is C18H22N4O2. The van der Waals surface area contributed by atoms with Crippen molar-refractivity contribution in [2.45, 2.75) is 6.92 Å². The number of carbonyl (C=O) groups excluding carboxylic acids is 1. The molecule has 24 heavy (non-hydrogen) atoms. The molecule has 1 amide bonds. The number of hydrogen-bond donors (Lipinski definition) is 0. The van der Waals surface area contributed by atoms with E-state index in [0.717, 1.165) is 5.56 Å². The van der Waals surface area contributed by atoms with Gasteiger partial charge in [0, 0.05) is 38.9 Å². The number of amides is 1. The van der Waals surface area contributed by atoms with Crippen LogP contribution in [0.1, 0.15) is 15.9 Å². The van der Waals surface area contributed by atoms with E-state index >= 15 is 0 Å². The molecule has 1 aromatic carbocycles. The second kappa shape index (κ2) is 6.97. The van der Waals surface area contributed by atoms with Gasteiger partial charge >= 0.3 is 0 Å². The third kappa shape index (κ3) is 3.38. The van der Waals surface area contributed by atoms with Gasteiger partial charge in [-0.05, 0) is 6.92 Å². The molecule has 126 valence electrons. The Hall–Kier alpha value is -2.47. The van der Waals surface area contributed by atoms with Crippen molar-refractivity contribution in [1.29, 1.82) is 0 Å². The summed E-state index contributed by atoms with van der Waals surface area (Å²) in [6.45, 7) is 4.40. The van der Waals surface area contributed by atoms with Crippen LogP contribution in [0.4, 0.5) is 5.82 Å². The van der Waals surface area contributed by atoms with Gasteiger partial charge in [-0.1, -0.05) is 29.8 Å². The highest BCUT2D eigenvalue weighted by Crippen LogP contribution is 2.23. The summed E-state index contributed by atoms with van der Waals surface area (Å²) in [6.07, 6.45) is 1.63. The molecular weight excluding hydrogens is 304 g/mol. The van der Waals surface area contributed by atoms with Gasteiger partial charge in [-0.2, -0.15) is 0 Å². The molecule has 1 aliphatic heterocycles. The van der Waals surface area contributed by atoms with E-state index in [1.54, 1.807) is 11.1 Å². The Kier molecular flexibility index (Phi) is 4.76. The molecule has 1 saturated heterocycles. The van der Waals surface area contributed by atoms with Crippen molar-refractivity contribution in [3.05, 3.63) is 41.6 Å². The highest BCUT2D eigenvalue weighted by Gasteiger charge is 2.23. The maximum atomic E-state index is 12.8. The summed E-state index contributed by atoms with van der Waals surface area (Å²) in [4.78, 5) is 25.5. The number of benzene rings is 1. The van der Waals surface area contributed by atoms with E-state index in [0.29, 0.717) is 43.5 Å². The van der Waals surface area contributed by atoms with Crippen molar-refractivity contribution in [3.8, 4) is 11.4 Å². The van der Waals surface area contributed by atoms with Crippen molar-refractivity contribution in [2.24, 2.45) is 0 Å². The number of ether oxygens (including phenoxy) is 1. The number of aryl methyl sites for hydroxylation is 1. The van der Waals surface area contributed by atoms with Gasteiger partial charge in [0.2, 0.25) is 0 Å². The van der Waals surface area contributed by atoms with E-state index in [-0.39, 0.29) is 5.91 Å². The van der Waals surface area contributed by atoms with Gasteiger partial charge in [-0.25, -0.2) is 9.97 Å². The number of carbonyl (C=O) groups is 1. The van der Waals surface area contributed by atoms with Crippen molar-refractivity contribution in [1.82, 2.24) is 14.9 Å². The first-order valence-electron chi connectivity index (χ1n) is 8.04. The summed E-state index contributed by atoms with van der Waals surface area (Å²) >= 11 is 0. The van der Waals surface area contributed by atoms with Crippen LogP contribution in [0.2, 0.25) is 0 Å². The van der Waals surface area contributed by atoms with Crippen LogP contribution in [-0.2, 0) is 4.74 Å². The average Bonchev–Trinajstić information content (AvgIpc) is 2.62. The van der Waals surface area contributed by atoms with Crippen LogP contribution in [0, 0.1) is 6.92 Å². The molecule has 0 unspecified atom stereocenters. The summed E-state index contributed by atoms with van der Waals surface area (Å²) in [5.41, 5.74) is 2.65. The second-order valence-corrected chi connectivity index (χ2v) is 6.10. The monoisotopic (exact) mass is 326 g/mol. The summed E-state index contributed by atoms with van der Waals surface area (Å²) in [5, 5.41) is 0. The van der Waals surface area contributed by atoms with E-state index in [1.165, 1.54) is 5.56 Å². The fourth-order valence-corrected chi connectivity index (χ4v) is 2.64. The van der Waals surface area contributed by atoms with Gasteiger partial charge in [0.05, 0.1) is 13.2 Å².